The van der Waals surface area contributed by atoms with Crippen LogP contribution in [0.5, 0.6) is 0 Å². The Kier molecular flexibility index (Phi) is 3.85. The third kappa shape index (κ3) is 2.77. The van der Waals surface area contributed by atoms with Crippen molar-refractivity contribution in [2.24, 2.45) is 5.41 Å². The van der Waals surface area contributed by atoms with Gasteiger partial charge in [0, 0.05) is 28.1 Å². The molecule has 1 N–H and O–H groups in total. The van der Waals surface area contributed by atoms with Gasteiger partial charge in [-0.05, 0) is 62.3 Å². The number of allylic oxidation sites excluding steroid dienone is 1. The standard InChI is InChI=1S/C23H20BrNOS/c1-23(2)11-15-21(17(26)12-23)20-14-6-4-3-5-13(14)7-8-16(20)25-22(15)18-9-10-19(24)27-18/h3-10,22,25H,11-12H2,1-2H3. The molecule has 0 amide bonds. The number of carbonyl (C=O) groups is 1. The van der Waals surface area contributed by atoms with Gasteiger partial charge in [0.25, 0.3) is 0 Å². The van der Waals surface area contributed by atoms with Gasteiger partial charge >= 0.3 is 0 Å². The van der Waals surface area contributed by atoms with E-state index >= 15 is 0 Å². The number of Topliss-reactive ketones (excluding diaryl/α,β-unsaturated/α-hetero) is 1. The average molecular weight is 438 g/mol. The molecule has 0 fully saturated rings. The lowest BCUT2D eigenvalue weighted by molar-refractivity contribution is -0.116. The number of hydrogen-bond acceptors (Lipinski definition) is 3. The molecule has 0 saturated heterocycles. The van der Waals surface area contributed by atoms with Gasteiger partial charge in [-0.25, -0.2) is 0 Å². The van der Waals surface area contributed by atoms with Crippen molar-refractivity contribution in [2.75, 3.05) is 5.32 Å². The second-order valence-corrected chi connectivity index (χ2v) is 10.8. The molecule has 1 atom stereocenters. The summed E-state index contributed by atoms with van der Waals surface area (Å²) in [5.41, 5.74) is 4.35. The Bertz CT molecular complexity index is 1120. The summed E-state index contributed by atoms with van der Waals surface area (Å²) in [5, 5.41) is 6.10. The Morgan fingerprint density at radius 1 is 1.07 bits per heavy atom. The molecule has 2 aliphatic rings. The highest BCUT2D eigenvalue weighted by Crippen LogP contribution is 2.52. The minimum Gasteiger partial charge on any atom is -0.373 e. The zero-order valence-electron chi connectivity index (χ0n) is 15.3. The molecule has 0 bridgehead atoms. The molecule has 1 aromatic heterocycles. The molecule has 27 heavy (non-hydrogen) atoms. The first-order valence-corrected chi connectivity index (χ1v) is 10.8. The molecule has 2 nitrogen and oxygen atoms in total. The third-order valence-electron chi connectivity index (χ3n) is 5.61. The lowest BCUT2D eigenvalue weighted by Gasteiger charge is -2.40. The highest BCUT2D eigenvalue weighted by atomic mass is 79.9. The average Bonchev–Trinajstić information content (AvgIpc) is 3.05. The topological polar surface area (TPSA) is 29.1 Å². The molecular weight excluding hydrogens is 418 g/mol. The maximum atomic E-state index is 13.3. The Hall–Kier alpha value is -1.91. The van der Waals surface area contributed by atoms with Gasteiger partial charge in [0.1, 0.15) is 0 Å². The van der Waals surface area contributed by atoms with Gasteiger partial charge in [0.2, 0.25) is 0 Å². The fourth-order valence-electron chi connectivity index (χ4n) is 4.55. The maximum absolute atomic E-state index is 13.3. The number of anilines is 1. The van der Waals surface area contributed by atoms with Crippen LogP contribution in [0, 0.1) is 5.41 Å². The number of nitrogens with one attached hydrogen (secondary N) is 1. The first-order chi connectivity index (χ1) is 12.9. The normalized spacial score (nSPS) is 21.0. The number of ketones is 1. The summed E-state index contributed by atoms with van der Waals surface area (Å²) in [6, 6.07) is 17.0. The van der Waals surface area contributed by atoms with Crippen LogP contribution in [0.15, 0.2) is 57.9 Å². The molecule has 1 aliphatic heterocycles. The van der Waals surface area contributed by atoms with Crippen molar-refractivity contribution in [3.63, 3.8) is 0 Å². The van der Waals surface area contributed by atoms with E-state index in [-0.39, 0.29) is 17.2 Å². The molecule has 1 unspecified atom stereocenters. The monoisotopic (exact) mass is 437 g/mol. The van der Waals surface area contributed by atoms with Crippen LogP contribution in [-0.2, 0) is 4.79 Å². The van der Waals surface area contributed by atoms with Crippen molar-refractivity contribution < 1.29 is 4.79 Å². The Balaban J connectivity index is 1.81. The molecule has 0 radical (unpaired) electrons. The summed E-state index contributed by atoms with van der Waals surface area (Å²) in [5.74, 6) is 0.279. The summed E-state index contributed by atoms with van der Waals surface area (Å²) >= 11 is 5.33. The minimum atomic E-state index is -0.00751. The molecule has 2 heterocycles. The smallest absolute Gasteiger partial charge is 0.164 e. The fraction of sp³-hybridized carbons (Fsp3) is 0.261. The van der Waals surface area contributed by atoms with E-state index in [0.717, 1.165) is 32.4 Å². The van der Waals surface area contributed by atoms with Crippen LogP contribution in [0.1, 0.15) is 43.2 Å². The summed E-state index contributed by atoms with van der Waals surface area (Å²) in [6.45, 7) is 4.41. The number of rotatable bonds is 1. The summed E-state index contributed by atoms with van der Waals surface area (Å²) in [6.07, 6.45) is 1.54. The summed E-state index contributed by atoms with van der Waals surface area (Å²) in [4.78, 5) is 14.6. The van der Waals surface area contributed by atoms with E-state index in [1.807, 2.05) is 0 Å². The Morgan fingerprint density at radius 2 is 1.89 bits per heavy atom. The molecular formula is C23H20BrNOS. The zero-order valence-corrected chi connectivity index (χ0v) is 17.7. The van der Waals surface area contributed by atoms with E-state index in [1.54, 1.807) is 11.3 Å². The molecule has 4 heteroatoms. The number of halogens is 1. The van der Waals surface area contributed by atoms with Crippen LogP contribution < -0.4 is 5.32 Å². The zero-order chi connectivity index (χ0) is 18.8. The van der Waals surface area contributed by atoms with Gasteiger partial charge in [-0.2, -0.15) is 0 Å². The van der Waals surface area contributed by atoms with E-state index < -0.39 is 0 Å². The number of hydrogen-bond donors (Lipinski definition) is 1. The second-order valence-electron chi connectivity index (χ2n) is 8.27. The molecule has 1 aliphatic carbocycles. The molecule has 0 spiro atoms. The number of benzene rings is 2. The first-order valence-electron chi connectivity index (χ1n) is 9.23. The molecule has 0 saturated carbocycles. The van der Waals surface area contributed by atoms with E-state index in [1.165, 1.54) is 15.8 Å². The van der Waals surface area contributed by atoms with Gasteiger partial charge < -0.3 is 5.32 Å². The van der Waals surface area contributed by atoms with E-state index in [0.29, 0.717) is 6.42 Å². The fourth-order valence-corrected chi connectivity index (χ4v) is 6.05. The lowest BCUT2D eigenvalue weighted by atomic mass is 9.68. The van der Waals surface area contributed by atoms with E-state index in [4.69, 9.17) is 0 Å². The Morgan fingerprint density at radius 3 is 2.67 bits per heavy atom. The predicted molar refractivity (Wildman–Crippen MR) is 117 cm³/mol. The second kappa shape index (κ2) is 6.05. The lowest BCUT2D eigenvalue weighted by Crippen LogP contribution is -2.32. The highest BCUT2D eigenvalue weighted by molar-refractivity contribution is 9.11. The largest absolute Gasteiger partial charge is 0.373 e. The number of carbonyl (C=O) groups excluding carboxylic acids is 1. The molecule has 136 valence electrons. The Labute approximate surface area is 171 Å². The van der Waals surface area contributed by atoms with Crippen molar-refractivity contribution in [1.29, 1.82) is 0 Å². The third-order valence-corrected chi connectivity index (χ3v) is 7.30. The highest BCUT2D eigenvalue weighted by Gasteiger charge is 2.40. The maximum Gasteiger partial charge on any atom is 0.164 e. The van der Waals surface area contributed by atoms with Crippen molar-refractivity contribution in [1.82, 2.24) is 0 Å². The van der Waals surface area contributed by atoms with Crippen LogP contribution in [0.3, 0.4) is 0 Å². The van der Waals surface area contributed by atoms with Crippen LogP contribution >= 0.6 is 27.3 Å². The number of fused-ring (bicyclic) bond motifs is 4. The van der Waals surface area contributed by atoms with Crippen molar-refractivity contribution in [3.8, 4) is 0 Å². The van der Waals surface area contributed by atoms with Crippen LogP contribution in [0.25, 0.3) is 16.3 Å². The van der Waals surface area contributed by atoms with Crippen molar-refractivity contribution >= 4 is 55.1 Å². The number of thiophene rings is 1. The quantitative estimate of drug-likeness (QED) is 0.444. The minimum absolute atomic E-state index is 0.00751. The van der Waals surface area contributed by atoms with Crippen LogP contribution in [0.2, 0.25) is 0 Å². The van der Waals surface area contributed by atoms with E-state index in [2.05, 4.69) is 83.6 Å². The van der Waals surface area contributed by atoms with Crippen LogP contribution in [-0.4, -0.2) is 5.78 Å². The van der Waals surface area contributed by atoms with Crippen LogP contribution in [0.4, 0.5) is 5.69 Å². The van der Waals surface area contributed by atoms with Crippen molar-refractivity contribution in [2.45, 2.75) is 32.7 Å². The van der Waals surface area contributed by atoms with Gasteiger partial charge in [0.15, 0.2) is 5.78 Å². The van der Waals surface area contributed by atoms with Crippen molar-refractivity contribution in [3.05, 3.63) is 68.3 Å². The summed E-state index contributed by atoms with van der Waals surface area (Å²) < 4.78 is 1.12. The van der Waals surface area contributed by atoms with Gasteiger partial charge in [-0.15, -0.1) is 11.3 Å². The molecule has 3 aromatic rings. The van der Waals surface area contributed by atoms with Gasteiger partial charge in [-0.1, -0.05) is 44.2 Å². The van der Waals surface area contributed by atoms with E-state index in [9.17, 15) is 4.79 Å². The van der Waals surface area contributed by atoms with Gasteiger partial charge in [-0.3, -0.25) is 4.79 Å². The first kappa shape index (κ1) is 17.2. The summed E-state index contributed by atoms with van der Waals surface area (Å²) in [7, 11) is 0. The van der Waals surface area contributed by atoms with Gasteiger partial charge in [0.05, 0.1) is 9.83 Å². The molecule has 2 aromatic carbocycles. The predicted octanol–water partition coefficient (Wildman–Crippen LogP) is 6.97. The SMILES string of the molecule is CC1(C)CC(=O)C2=C(C1)C(c1ccc(Br)s1)Nc1ccc3ccccc3c12. The molecule has 5 rings (SSSR count).